The third kappa shape index (κ3) is 5.35. The van der Waals surface area contributed by atoms with Crippen LogP contribution in [0.5, 0.6) is 5.75 Å². The van der Waals surface area contributed by atoms with Crippen LogP contribution in [-0.2, 0) is 9.59 Å². The highest BCUT2D eigenvalue weighted by Crippen LogP contribution is 2.45. The topological polar surface area (TPSA) is 83.0 Å². The number of ether oxygens (including phenoxy) is 1. The number of carbonyl (C=O) groups is 2. The maximum Gasteiger partial charge on any atom is 0.247 e. The van der Waals surface area contributed by atoms with E-state index in [1.54, 1.807) is 7.05 Å². The third-order valence-corrected chi connectivity index (χ3v) is 7.78. The minimum absolute atomic E-state index is 0.0519. The summed E-state index contributed by atoms with van der Waals surface area (Å²) >= 11 is 0. The molecule has 0 radical (unpaired) electrons. The van der Waals surface area contributed by atoms with Crippen LogP contribution in [0.2, 0.25) is 0 Å². The molecule has 4 rings (SSSR count). The van der Waals surface area contributed by atoms with Gasteiger partial charge < -0.3 is 20.3 Å². The summed E-state index contributed by atoms with van der Waals surface area (Å²) in [6.45, 7) is 6.42. The molecule has 35 heavy (non-hydrogen) atoms. The van der Waals surface area contributed by atoms with Crippen molar-refractivity contribution in [1.29, 1.82) is 0 Å². The quantitative estimate of drug-likeness (QED) is 0.581. The molecule has 1 aliphatic carbocycles. The maximum absolute atomic E-state index is 14.0. The van der Waals surface area contributed by atoms with Crippen molar-refractivity contribution in [3.05, 3.63) is 54.3 Å². The zero-order valence-electron chi connectivity index (χ0n) is 21.0. The van der Waals surface area contributed by atoms with E-state index in [1.165, 1.54) is 0 Å². The average Bonchev–Trinajstić information content (AvgIpc) is 3.08. The Morgan fingerprint density at radius 2 is 2.03 bits per heavy atom. The molecule has 3 aliphatic rings. The van der Waals surface area contributed by atoms with Crippen LogP contribution in [0.25, 0.3) is 0 Å². The molecule has 7 heteroatoms. The first-order valence-electron chi connectivity index (χ1n) is 12.8. The number of carbonyl (C=O) groups excluding carboxylic acids is 2. The summed E-state index contributed by atoms with van der Waals surface area (Å²) in [6.07, 6.45) is 12.7. The summed E-state index contributed by atoms with van der Waals surface area (Å²) < 4.78 is 6.16. The summed E-state index contributed by atoms with van der Waals surface area (Å²) in [6, 6.07) is 8.89. The Hall–Kier alpha value is -2.93. The normalized spacial score (nSPS) is 29.4. The molecule has 0 bridgehead atoms. The molecule has 1 spiro atoms. The zero-order chi connectivity index (χ0) is 24.9. The van der Waals surface area contributed by atoms with Gasteiger partial charge >= 0.3 is 0 Å². The van der Waals surface area contributed by atoms with Gasteiger partial charge in [0.2, 0.25) is 11.8 Å². The number of nitrogens with one attached hydrogen (secondary N) is 2. The van der Waals surface area contributed by atoms with Crippen molar-refractivity contribution < 1.29 is 14.3 Å². The second-order valence-electron chi connectivity index (χ2n) is 10.1. The summed E-state index contributed by atoms with van der Waals surface area (Å²) in [5.41, 5.74) is -0.862. The fourth-order valence-corrected chi connectivity index (χ4v) is 5.80. The van der Waals surface area contributed by atoms with Gasteiger partial charge in [-0.25, -0.2) is 0 Å². The summed E-state index contributed by atoms with van der Waals surface area (Å²) in [5, 5.41) is 6.06. The molecule has 2 fully saturated rings. The molecule has 1 aromatic rings. The largest absolute Gasteiger partial charge is 0.458 e. The molecule has 2 heterocycles. The van der Waals surface area contributed by atoms with Crippen LogP contribution in [0.3, 0.4) is 0 Å². The Balaban J connectivity index is 1.61. The van der Waals surface area contributed by atoms with E-state index < -0.39 is 11.7 Å². The van der Waals surface area contributed by atoms with E-state index in [0.717, 1.165) is 50.0 Å². The maximum atomic E-state index is 14.0. The summed E-state index contributed by atoms with van der Waals surface area (Å²) in [5.74, 6) is 1.41. The Bertz CT molecular complexity index is 987. The van der Waals surface area contributed by atoms with Crippen molar-refractivity contribution in [2.45, 2.75) is 76.0 Å². The highest BCUT2D eigenvalue weighted by molar-refractivity contribution is 5.90. The van der Waals surface area contributed by atoms with E-state index in [9.17, 15) is 9.59 Å². The van der Waals surface area contributed by atoms with Gasteiger partial charge in [-0.3, -0.25) is 14.6 Å². The summed E-state index contributed by atoms with van der Waals surface area (Å²) in [4.78, 5) is 33.3. The lowest BCUT2D eigenvalue weighted by Gasteiger charge is -2.43. The first kappa shape index (κ1) is 25.2. The molecule has 2 aliphatic heterocycles. The van der Waals surface area contributed by atoms with Crippen molar-refractivity contribution in [3.8, 4) is 5.75 Å². The van der Waals surface area contributed by atoms with Gasteiger partial charge in [-0.1, -0.05) is 31.2 Å². The number of likely N-dealkylation sites (N-methyl/N-ethyl adjacent to an activating group) is 1. The highest BCUT2D eigenvalue weighted by atomic mass is 16.5. The second kappa shape index (κ2) is 10.8. The van der Waals surface area contributed by atoms with E-state index in [0.29, 0.717) is 19.4 Å². The number of nitrogens with zero attached hydrogens (tertiary/aromatic N) is 2. The standard InChI is InChI=1S/C28H38N4O3/c1-4-23(29-2)25(33)31-24-14-9-17-28(30-3)18-10-16-27(20-32(28)26(24)34)15-8-13-22(19-27)35-21-11-6-5-7-12-21/h5-8,11-13,19,23-24,29H,3-4,9-10,14-18,20H2,1-2H3,(H,31,33)/t23?,24-,27?,28-/m0/s1. The summed E-state index contributed by atoms with van der Waals surface area (Å²) in [7, 11) is 1.77. The molecule has 2 N–H and O–H groups in total. The predicted molar refractivity (Wildman–Crippen MR) is 138 cm³/mol. The lowest BCUT2D eigenvalue weighted by molar-refractivity contribution is -0.142. The number of hydrogen-bond donors (Lipinski definition) is 2. The fourth-order valence-electron chi connectivity index (χ4n) is 5.80. The smallest absolute Gasteiger partial charge is 0.247 e. The van der Waals surface area contributed by atoms with Crippen LogP contribution in [0.15, 0.2) is 59.3 Å². The molecule has 2 saturated heterocycles. The Morgan fingerprint density at radius 3 is 2.74 bits per heavy atom. The Labute approximate surface area is 208 Å². The first-order valence-corrected chi connectivity index (χ1v) is 12.8. The number of aliphatic imine (C=N–C) groups is 1. The van der Waals surface area contributed by atoms with Crippen LogP contribution in [0.1, 0.15) is 58.3 Å². The Kier molecular flexibility index (Phi) is 7.75. The molecule has 7 nitrogen and oxygen atoms in total. The van der Waals surface area contributed by atoms with Gasteiger partial charge in [-0.15, -0.1) is 0 Å². The van der Waals surface area contributed by atoms with E-state index in [2.05, 4.69) is 34.5 Å². The highest BCUT2D eigenvalue weighted by Gasteiger charge is 2.49. The zero-order valence-corrected chi connectivity index (χ0v) is 21.0. The SMILES string of the molecule is C=N[C@@]12CCC[C@H](NC(=O)C(CC)NC)C(=O)N1CC1(C=C(Oc3ccccc3)C=CC1)CCC2. The second-order valence-corrected chi connectivity index (χ2v) is 10.1. The lowest BCUT2D eigenvalue weighted by Crippen LogP contribution is -2.58. The van der Waals surface area contributed by atoms with Gasteiger partial charge in [0.15, 0.2) is 0 Å². The van der Waals surface area contributed by atoms with Crippen molar-refractivity contribution >= 4 is 18.5 Å². The van der Waals surface area contributed by atoms with Crippen LogP contribution < -0.4 is 15.4 Å². The number of allylic oxidation sites excluding steroid dienone is 2. The van der Waals surface area contributed by atoms with E-state index in [4.69, 9.17) is 4.74 Å². The van der Waals surface area contributed by atoms with Crippen molar-refractivity contribution in [1.82, 2.24) is 15.5 Å². The minimum Gasteiger partial charge on any atom is -0.458 e. The lowest BCUT2D eigenvalue weighted by atomic mass is 9.77. The first-order chi connectivity index (χ1) is 16.9. The van der Waals surface area contributed by atoms with Crippen molar-refractivity contribution in [3.63, 3.8) is 0 Å². The van der Waals surface area contributed by atoms with Crippen LogP contribution >= 0.6 is 0 Å². The van der Waals surface area contributed by atoms with Gasteiger partial charge in [-0.05, 0) is 89.4 Å². The predicted octanol–water partition coefficient (Wildman–Crippen LogP) is 3.97. The van der Waals surface area contributed by atoms with Crippen molar-refractivity contribution in [2.75, 3.05) is 13.6 Å². The average molecular weight is 479 g/mol. The number of amides is 2. The number of benzene rings is 1. The fraction of sp³-hybridized carbons (Fsp3) is 0.536. The number of hydrogen-bond acceptors (Lipinski definition) is 5. The third-order valence-electron chi connectivity index (χ3n) is 7.78. The monoisotopic (exact) mass is 478 g/mol. The molecule has 2 unspecified atom stereocenters. The Morgan fingerprint density at radius 1 is 1.26 bits per heavy atom. The van der Waals surface area contributed by atoms with Crippen molar-refractivity contribution in [2.24, 2.45) is 10.4 Å². The molecule has 4 atom stereocenters. The van der Waals surface area contributed by atoms with Gasteiger partial charge in [0, 0.05) is 12.0 Å². The van der Waals surface area contributed by atoms with Crippen LogP contribution in [0.4, 0.5) is 0 Å². The molecule has 0 saturated carbocycles. The molecule has 0 aromatic heterocycles. The van der Waals surface area contributed by atoms with E-state index >= 15 is 0 Å². The number of rotatable bonds is 7. The molecular formula is C28H38N4O3. The molecular weight excluding hydrogens is 440 g/mol. The minimum atomic E-state index is -0.622. The van der Waals surface area contributed by atoms with Gasteiger partial charge in [-0.2, -0.15) is 0 Å². The van der Waals surface area contributed by atoms with Gasteiger partial charge in [0.1, 0.15) is 23.2 Å². The van der Waals surface area contributed by atoms with Gasteiger partial charge in [0.25, 0.3) is 0 Å². The van der Waals surface area contributed by atoms with E-state index in [1.807, 2.05) is 48.2 Å². The molecule has 1 aromatic carbocycles. The van der Waals surface area contributed by atoms with Crippen LogP contribution in [-0.4, -0.2) is 54.8 Å². The number of para-hydroxylation sites is 1. The molecule has 2 amide bonds. The molecule has 188 valence electrons. The van der Waals surface area contributed by atoms with Crippen LogP contribution in [0, 0.1) is 5.41 Å². The number of fused-ring (bicyclic) bond motifs is 1. The van der Waals surface area contributed by atoms with Gasteiger partial charge in [0.05, 0.1) is 6.04 Å². The van der Waals surface area contributed by atoms with E-state index in [-0.39, 0.29) is 23.3 Å².